The summed E-state index contributed by atoms with van der Waals surface area (Å²) < 4.78 is 23.2. The third-order valence-corrected chi connectivity index (χ3v) is 9.54. The van der Waals surface area contributed by atoms with Crippen molar-refractivity contribution in [2.24, 2.45) is 23.7 Å². The van der Waals surface area contributed by atoms with E-state index in [9.17, 15) is 30.0 Å². The molecule has 0 aromatic rings. The van der Waals surface area contributed by atoms with Crippen molar-refractivity contribution in [3.63, 3.8) is 0 Å². The van der Waals surface area contributed by atoms with Crippen LogP contribution in [-0.2, 0) is 28.5 Å². The van der Waals surface area contributed by atoms with E-state index < -0.39 is 47.6 Å². The Morgan fingerprint density at radius 3 is 2.47 bits per heavy atom. The van der Waals surface area contributed by atoms with E-state index in [4.69, 9.17) is 18.9 Å². The molecule has 10 atom stereocenters. The van der Waals surface area contributed by atoms with Gasteiger partial charge in [0.15, 0.2) is 5.79 Å². The van der Waals surface area contributed by atoms with Crippen molar-refractivity contribution in [2.45, 2.75) is 122 Å². The second kappa shape index (κ2) is 15.5. The third-order valence-electron chi connectivity index (χ3n) is 9.54. The summed E-state index contributed by atoms with van der Waals surface area (Å²) in [6.07, 6.45) is 9.02. The number of hydrogen-bond acceptors (Lipinski definition) is 9. The maximum Gasteiger partial charge on any atom is 0.336 e. The molecule has 0 bridgehead atoms. The number of carbonyl (C=O) groups excluding carboxylic acids is 1. The lowest BCUT2D eigenvalue weighted by Gasteiger charge is -2.50. The van der Waals surface area contributed by atoms with Crippen molar-refractivity contribution in [3.8, 4) is 0 Å². The minimum atomic E-state index is -2.49. The first-order valence-corrected chi connectivity index (χ1v) is 16.1. The molecule has 1 aliphatic carbocycles. The molecule has 4 N–H and O–H groups in total. The second-order valence-corrected chi connectivity index (χ2v) is 13.7. The van der Waals surface area contributed by atoms with Crippen LogP contribution < -0.4 is 0 Å². The van der Waals surface area contributed by atoms with Gasteiger partial charge in [-0.2, -0.15) is 0 Å². The van der Waals surface area contributed by atoms with Crippen molar-refractivity contribution in [2.75, 3.05) is 14.2 Å². The Morgan fingerprint density at radius 1 is 1.18 bits per heavy atom. The van der Waals surface area contributed by atoms with Crippen molar-refractivity contribution in [3.05, 3.63) is 47.1 Å². The molecule has 3 rings (SSSR count). The zero-order valence-corrected chi connectivity index (χ0v) is 28.1. The van der Waals surface area contributed by atoms with Crippen LogP contribution in [0.25, 0.3) is 0 Å². The van der Waals surface area contributed by atoms with E-state index in [1.807, 2.05) is 19.9 Å². The van der Waals surface area contributed by atoms with E-state index in [0.29, 0.717) is 43.1 Å². The summed E-state index contributed by atoms with van der Waals surface area (Å²) in [5.41, 5.74) is -1.31. The maximum atomic E-state index is 12.8. The van der Waals surface area contributed by atoms with E-state index >= 15 is 0 Å². The van der Waals surface area contributed by atoms with Gasteiger partial charge in [-0.3, -0.25) is 4.79 Å². The molecule has 45 heavy (non-hydrogen) atoms. The van der Waals surface area contributed by atoms with E-state index in [1.165, 1.54) is 19.3 Å². The topological polar surface area (TPSA) is 152 Å². The smallest absolute Gasteiger partial charge is 0.336 e. The Labute approximate surface area is 267 Å². The number of esters is 1. The van der Waals surface area contributed by atoms with Crippen molar-refractivity contribution < 1.29 is 49.0 Å². The van der Waals surface area contributed by atoms with Crippen LogP contribution in [0.15, 0.2) is 47.1 Å². The van der Waals surface area contributed by atoms with Gasteiger partial charge in [0.05, 0.1) is 31.0 Å². The number of allylic oxidation sites excluding steroid dienone is 4. The van der Waals surface area contributed by atoms with Gasteiger partial charge < -0.3 is 39.4 Å². The van der Waals surface area contributed by atoms with Gasteiger partial charge in [0.2, 0.25) is 0 Å². The first-order chi connectivity index (χ1) is 21.1. The minimum Gasteiger partial charge on any atom is -0.481 e. The van der Waals surface area contributed by atoms with Gasteiger partial charge in [0.25, 0.3) is 0 Å². The van der Waals surface area contributed by atoms with Gasteiger partial charge >= 0.3 is 11.9 Å². The fourth-order valence-electron chi connectivity index (χ4n) is 7.21. The Bertz CT molecular complexity index is 1170. The Morgan fingerprint density at radius 2 is 1.87 bits per heavy atom. The van der Waals surface area contributed by atoms with Crippen LogP contribution in [0.2, 0.25) is 0 Å². The van der Waals surface area contributed by atoms with Crippen molar-refractivity contribution in [1.82, 2.24) is 0 Å². The van der Waals surface area contributed by atoms with Gasteiger partial charge in [0, 0.05) is 26.4 Å². The van der Waals surface area contributed by atoms with Crippen LogP contribution >= 0.6 is 0 Å². The van der Waals surface area contributed by atoms with Crippen LogP contribution in [0.3, 0.4) is 0 Å². The van der Waals surface area contributed by atoms with Gasteiger partial charge in [-0.15, -0.1) is 0 Å². The molecule has 0 aromatic heterocycles. The highest BCUT2D eigenvalue weighted by molar-refractivity contribution is 5.93. The average molecular weight is 635 g/mol. The zero-order chi connectivity index (χ0) is 33.7. The number of aliphatic hydroxyl groups is 3. The quantitative estimate of drug-likeness (QED) is 0.111. The molecular weight excluding hydrogens is 580 g/mol. The van der Waals surface area contributed by atoms with Crippen LogP contribution in [0.1, 0.15) is 80.1 Å². The lowest BCUT2D eigenvalue weighted by Crippen LogP contribution is -2.61. The lowest BCUT2D eigenvalue weighted by atomic mass is 9.69. The molecular formula is C35H54O10. The zero-order valence-electron chi connectivity index (χ0n) is 28.1. The summed E-state index contributed by atoms with van der Waals surface area (Å²) in [6, 6.07) is 0. The van der Waals surface area contributed by atoms with Gasteiger partial charge in [0.1, 0.15) is 23.7 Å². The van der Waals surface area contributed by atoms with Gasteiger partial charge in [-0.1, -0.05) is 57.6 Å². The summed E-state index contributed by atoms with van der Waals surface area (Å²) in [5.74, 6) is -3.86. The number of rotatable bonds is 11. The number of carboxylic acid groups (broad SMARTS) is 1. The summed E-state index contributed by atoms with van der Waals surface area (Å²) in [5, 5.41) is 43.2. The summed E-state index contributed by atoms with van der Waals surface area (Å²) in [7, 11) is 2.46. The molecule has 0 unspecified atom stereocenters. The molecule has 0 radical (unpaired) electrons. The average Bonchev–Trinajstić information content (AvgIpc) is 2.97. The molecule has 0 amide bonds. The number of hydrogen-bond donors (Lipinski definition) is 4. The molecule has 2 fully saturated rings. The van der Waals surface area contributed by atoms with Gasteiger partial charge in [-0.25, -0.2) is 4.79 Å². The first-order valence-electron chi connectivity index (χ1n) is 16.1. The summed E-state index contributed by atoms with van der Waals surface area (Å²) >= 11 is 0. The van der Waals surface area contributed by atoms with E-state index in [2.05, 4.69) is 26.8 Å². The van der Waals surface area contributed by atoms with E-state index in [-0.39, 0.29) is 23.7 Å². The number of aliphatic carboxylic acids is 1. The summed E-state index contributed by atoms with van der Waals surface area (Å²) in [6.45, 7) is 12.2. The summed E-state index contributed by atoms with van der Waals surface area (Å²) in [4.78, 5) is 24.9. The predicted molar refractivity (Wildman–Crippen MR) is 169 cm³/mol. The first kappa shape index (κ1) is 37.1. The molecule has 0 saturated carbocycles. The fourth-order valence-corrected chi connectivity index (χ4v) is 7.21. The SMILES string of the molecule is COC(=O)/C(=C\C=C\[C@H](C)C/C(C)=C/C[C@@H]1C[C@H](O)C[C@@]2(CC[C@H](C)[C@@H](C(C)C)O2)O1)[C@]1(O)[C@H](O)[C@H](OC)C(C)=C[C@H]1C(=O)O. The molecule has 10 nitrogen and oxygen atoms in total. The van der Waals surface area contributed by atoms with Crippen LogP contribution in [0.5, 0.6) is 0 Å². The number of methoxy groups -OCH3 is 2. The molecule has 0 aromatic carbocycles. The highest BCUT2D eigenvalue weighted by Gasteiger charge is 2.57. The molecule has 3 aliphatic rings. The molecule has 2 aliphatic heterocycles. The molecule has 2 heterocycles. The van der Waals surface area contributed by atoms with Gasteiger partial charge in [-0.05, 0) is 62.5 Å². The third kappa shape index (κ3) is 8.53. The Balaban J connectivity index is 1.71. The monoisotopic (exact) mass is 634 g/mol. The second-order valence-electron chi connectivity index (χ2n) is 13.7. The molecule has 10 heteroatoms. The number of ether oxygens (including phenoxy) is 4. The Kier molecular flexibility index (Phi) is 12.8. The minimum absolute atomic E-state index is 0.0191. The van der Waals surface area contributed by atoms with Crippen LogP contribution in [0, 0.1) is 23.7 Å². The normalized spacial score (nSPS) is 37.2. The van der Waals surface area contributed by atoms with Crippen LogP contribution in [-0.4, -0.2) is 88.5 Å². The highest BCUT2D eigenvalue weighted by atomic mass is 16.7. The molecule has 2 saturated heterocycles. The maximum absolute atomic E-state index is 12.8. The standard InChI is InChI=1S/C35H54O10/c1-20(2)29-23(5)14-15-34(45-29)19-25(36)18-26(44-34)13-12-22(4)16-21(3)10-9-11-27(33(40)43-8)35(41)28(32(38)39)17-24(6)30(42-7)31(35)37/h9-12,17,20-21,23,25-26,28-31,36-37,41H,13-16,18-19H2,1-8H3,(H,38,39)/b10-9+,22-12+,27-11+/t21-,23-,25-,26+,28-,29+,30+,31+,34-,35+/m0/s1. The van der Waals surface area contributed by atoms with Crippen molar-refractivity contribution >= 4 is 11.9 Å². The van der Waals surface area contributed by atoms with Crippen LogP contribution in [0.4, 0.5) is 0 Å². The number of carboxylic acids is 1. The Hall–Kier alpha value is -2.34. The largest absolute Gasteiger partial charge is 0.481 e. The molecule has 254 valence electrons. The molecule has 1 spiro atoms. The predicted octanol–water partition coefficient (Wildman–Crippen LogP) is 4.48. The highest BCUT2D eigenvalue weighted by Crippen LogP contribution is 2.44. The van der Waals surface area contributed by atoms with E-state index in [1.54, 1.807) is 13.0 Å². The fraction of sp³-hybridized carbons (Fsp3) is 0.714. The number of aliphatic hydroxyl groups excluding tert-OH is 2. The van der Waals surface area contributed by atoms with E-state index in [0.717, 1.165) is 25.5 Å². The lowest BCUT2D eigenvalue weighted by molar-refractivity contribution is -0.339. The number of carbonyl (C=O) groups is 2. The van der Waals surface area contributed by atoms with Crippen molar-refractivity contribution in [1.29, 1.82) is 0 Å².